The Morgan fingerprint density at radius 3 is 2.81 bits per heavy atom. The molecule has 1 fully saturated rings. The van der Waals surface area contributed by atoms with Crippen LogP contribution in [0.4, 0.5) is 11.4 Å². The number of anilines is 2. The molecule has 1 aromatic rings. The van der Waals surface area contributed by atoms with Gasteiger partial charge in [0.2, 0.25) is 5.91 Å². The van der Waals surface area contributed by atoms with Gasteiger partial charge in [-0.3, -0.25) is 4.79 Å². The molecule has 1 unspecified atom stereocenters. The van der Waals surface area contributed by atoms with Crippen molar-refractivity contribution in [3.8, 4) is 0 Å². The highest BCUT2D eigenvalue weighted by molar-refractivity contribution is 6.31. The molecular formula is C12H13ClN2O. The second kappa shape index (κ2) is 3.14. The monoisotopic (exact) mass is 236 g/mol. The number of carbonyl (C=O) groups is 1. The van der Waals surface area contributed by atoms with Crippen LogP contribution < -0.4 is 10.6 Å². The van der Waals surface area contributed by atoms with Crippen LogP contribution in [-0.4, -0.2) is 11.4 Å². The standard InChI is InChI=1S/C12H13ClN2O/c1-12(7-2-3-7)11(16)14-9-5-4-8(13)6-10(9)15-12/h4-7,15H,2-3H2,1H3,(H,14,16). The van der Waals surface area contributed by atoms with E-state index in [1.165, 1.54) is 0 Å². The molecule has 1 aliphatic carbocycles. The zero-order valence-corrected chi connectivity index (χ0v) is 9.77. The molecular weight excluding hydrogens is 224 g/mol. The summed E-state index contributed by atoms with van der Waals surface area (Å²) >= 11 is 5.95. The van der Waals surface area contributed by atoms with Crippen LogP contribution in [0.1, 0.15) is 19.8 Å². The van der Waals surface area contributed by atoms with Crippen molar-refractivity contribution in [2.45, 2.75) is 25.3 Å². The lowest BCUT2D eigenvalue weighted by molar-refractivity contribution is -0.120. The summed E-state index contributed by atoms with van der Waals surface area (Å²) in [4.78, 5) is 12.0. The lowest BCUT2D eigenvalue weighted by atomic mass is 9.91. The van der Waals surface area contributed by atoms with Gasteiger partial charge in [0.1, 0.15) is 5.54 Å². The zero-order chi connectivity index (χ0) is 11.3. The minimum Gasteiger partial charge on any atom is -0.369 e. The fourth-order valence-corrected chi connectivity index (χ4v) is 2.44. The molecule has 0 aromatic heterocycles. The number of amides is 1. The summed E-state index contributed by atoms with van der Waals surface area (Å²) in [6.45, 7) is 1.96. The first-order chi connectivity index (χ1) is 7.59. The summed E-state index contributed by atoms with van der Waals surface area (Å²) in [6.07, 6.45) is 2.24. The number of benzene rings is 1. The van der Waals surface area contributed by atoms with Crippen molar-refractivity contribution in [3.05, 3.63) is 23.2 Å². The van der Waals surface area contributed by atoms with Gasteiger partial charge < -0.3 is 10.6 Å². The van der Waals surface area contributed by atoms with Crippen LogP contribution in [-0.2, 0) is 4.79 Å². The van der Waals surface area contributed by atoms with Crippen LogP contribution in [0.3, 0.4) is 0 Å². The fourth-order valence-electron chi connectivity index (χ4n) is 2.27. The number of nitrogens with one attached hydrogen (secondary N) is 2. The third-order valence-electron chi connectivity index (χ3n) is 3.49. The van der Waals surface area contributed by atoms with Crippen LogP contribution in [0.2, 0.25) is 5.02 Å². The maximum Gasteiger partial charge on any atom is 0.250 e. The third kappa shape index (κ3) is 1.39. The minimum atomic E-state index is -0.475. The normalized spacial score (nSPS) is 28.0. The van der Waals surface area contributed by atoms with Crippen molar-refractivity contribution in [3.63, 3.8) is 0 Å². The van der Waals surface area contributed by atoms with Crippen molar-refractivity contribution in [2.75, 3.05) is 10.6 Å². The Labute approximate surface area is 99.2 Å². The van der Waals surface area contributed by atoms with E-state index in [0.29, 0.717) is 10.9 Å². The first-order valence-electron chi connectivity index (χ1n) is 5.49. The van der Waals surface area contributed by atoms with E-state index >= 15 is 0 Å². The van der Waals surface area contributed by atoms with Gasteiger partial charge in [-0.15, -0.1) is 0 Å². The van der Waals surface area contributed by atoms with Crippen LogP contribution >= 0.6 is 11.6 Å². The SMILES string of the molecule is CC1(C2CC2)Nc2cc(Cl)ccc2NC1=O. The van der Waals surface area contributed by atoms with E-state index in [0.717, 1.165) is 24.2 Å². The van der Waals surface area contributed by atoms with E-state index in [1.807, 2.05) is 19.1 Å². The summed E-state index contributed by atoms with van der Waals surface area (Å²) in [7, 11) is 0. The highest BCUT2D eigenvalue weighted by atomic mass is 35.5. The molecule has 0 radical (unpaired) electrons. The van der Waals surface area contributed by atoms with Crippen LogP contribution in [0.15, 0.2) is 18.2 Å². The molecule has 1 saturated carbocycles. The number of carbonyl (C=O) groups excluding carboxylic acids is 1. The Balaban J connectivity index is 2.02. The van der Waals surface area contributed by atoms with Gasteiger partial charge >= 0.3 is 0 Å². The van der Waals surface area contributed by atoms with Crippen LogP contribution in [0.25, 0.3) is 0 Å². The molecule has 16 heavy (non-hydrogen) atoms. The van der Waals surface area contributed by atoms with Gasteiger partial charge in [-0.2, -0.15) is 0 Å². The van der Waals surface area contributed by atoms with E-state index < -0.39 is 5.54 Å². The molecule has 4 heteroatoms. The second-order valence-corrected chi connectivity index (χ2v) is 5.18. The largest absolute Gasteiger partial charge is 0.369 e. The molecule has 84 valence electrons. The molecule has 1 heterocycles. The molecule has 1 amide bonds. The second-order valence-electron chi connectivity index (χ2n) is 4.75. The average Bonchev–Trinajstić information content (AvgIpc) is 3.04. The van der Waals surface area contributed by atoms with E-state index in [-0.39, 0.29) is 5.91 Å². The molecule has 0 bridgehead atoms. The van der Waals surface area contributed by atoms with Gasteiger partial charge in [0, 0.05) is 5.02 Å². The van der Waals surface area contributed by atoms with Gasteiger partial charge in [-0.25, -0.2) is 0 Å². The summed E-state index contributed by atoms with van der Waals surface area (Å²) in [5, 5.41) is 6.95. The Morgan fingerprint density at radius 1 is 1.38 bits per heavy atom. The predicted molar refractivity (Wildman–Crippen MR) is 64.8 cm³/mol. The quantitative estimate of drug-likeness (QED) is 0.787. The molecule has 1 aromatic carbocycles. The summed E-state index contributed by atoms with van der Waals surface area (Å²) in [6, 6.07) is 5.47. The molecule has 2 aliphatic rings. The maximum atomic E-state index is 12.0. The Morgan fingerprint density at radius 2 is 2.12 bits per heavy atom. The van der Waals surface area contributed by atoms with Crippen LogP contribution in [0, 0.1) is 5.92 Å². The average molecular weight is 237 g/mol. The first kappa shape index (κ1) is 9.97. The van der Waals surface area contributed by atoms with E-state index in [9.17, 15) is 4.79 Å². The third-order valence-corrected chi connectivity index (χ3v) is 3.72. The summed E-state index contributed by atoms with van der Waals surface area (Å²) in [5.74, 6) is 0.504. The molecule has 2 N–H and O–H groups in total. The molecule has 1 atom stereocenters. The van der Waals surface area contributed by atoms with E-state index in [4.69, 9.17) is 11.6 Å². The Bertz CT molecular complexity index is 470. The van der Waals surface area contributed by atoms with Crippen molar-refractivity contribution in [1.29, 1.82) is 0 Å². The van der Waals surface area contributed by atoms with Crippen molar-refractivity contribution >= 4 is 28.9 Å². The summed E-state index contributed by atoms with van der Waals surface area (Å²) in [5.41, 5.74) is 1.26. The zero-order valence-electron chi connectivity index (χ0n) is 9.01. The molecule has 0 saturated heterocycles. The highest BCUT2D eigenvalue weighted by Gasteiger charge is 2.49. The molecule has 3 nitrogen and oxygen atoms in total. The highest BCUT2D eigenvalue weighted by Crippen LogP contribution is 2.45. The molecule has 1 aliphatic heterocycles. The lowest BCUT2D eigenvalue weighted by Crippen LogP contribution is -2.51. The number of fused-ring (bicyclic) bond motifs is 1. The number of hydrogen-bond donors (Lipinski definition) is 2. The number of hydrogen-bond acceptors (Lipinski definition) is 2. The van der Waals surface area contributed by atoms with E-state index in [2.05, 4.69) is 10.6 Å². The number of halogens is 1. The topological polar surface area (TPSA) is 41.1 Å². The van der Waals surface area contributed by atoms with Crippen molar-refractivity contribution in [2.24, 2.45) is 5.92 Å². The fraction of sp³-hybridized carbons (Fsp3) is 0.417. The summed E-state index contributed by atoms with van der Waals surface area (Å²) < 4.78 is 0. The van der Waals surface area contributed by atoms with Gasteiger partial charge in [0.05, 0.1) is 11.4 Å². The maximum absolute atomic E-state index is 12.0. The Hall–Kier alpha value is -1.22. The molecule has 3 rings (SSSR count). The van der Waals surface area contributed by atoms with Gasteiger partial charge in [0.15, 0.2) is 0 Å². The Kier molecular flexibility index (Phi) is 1.96. The first-order valence-corrected chi connectivity index (χ1v) is 5.86. The van der Waals surface area contributed by atoms with Gasteiger partial charge in [0.25, 0.3) is 0 Å². The minimum absolute atomic E-state index is 0.0600. The predicted octanol–water partition coefficient (Wildman–Crippen LogP) is 2.87. The van der Waals surface area contributed by atoms with Gasteiger partial charge in [-0.05, 0) is 43.9 Å². The van der Waals surface area contributed by atoms with Crippen molar-refractivity contribution < 1.29 is 4.79 Å². The molecule has 0 spiro atoms. The lowest BCUT2D eigenvalue weighted by Gasteiger charge is -2.36. The number of rotatable bonds is 1. The smallest absolute Gasteiger partial charge is 0.250 e. The van der Waals surface area contributed by atoms with E-state index in [1.54, 1.807) is 6.07 Å². The van der Waals surface area contributed by atoms with Crippen molar-refractivity contribution in [1.82, 2.24) is 0 Å². The van der Waals surface area contributed by atoms with Crippen LogP contribution in [0.5, 0.6) is 0 Å². The van der Waals surface area contributed by atoms with Gasteiger partial charge in [-0.1, -0.05) is 11.6 Å².